The van der Waals surface area contributed by atoms with Gasteiger partial charge < -0.3 is 10.0 Å². The van der Waals surface area contributed by atoms with E-state index in [0.29, 0.717) is 6.42 Å². The molecule has 1 atom stereocenters. The van der Waals surface area contributed by atoms with Crippen LogP contribution < -0.4 is 0 Å². The summed E-state index contributed by atoms with van der Waals surface area (Å²) in [7, 11) is 2.08. The smallest absolute Gasteiger partial charge is 0.0769 e. The van der Waals surface area contributed by atoms with Gasteiger partial charge in [0, 0.05) is 13.0 Å². The number of hydrogen-bond acceptors (Lipinski definition) is 2. The van der Waals surface area contributed by atoms with Crippen LogP contribution >= 0.6 is 0 Å². The van der Waals surface area contributed by atoms with Crippen LogP contribution in [0.4, 0.5) is 0 Å². The molecule has 0 amide bonds. The third-order valence-corrected chi connectivity index (χ3v) is 2.57. The largest absolute Gasteiger partial charge is 0.389 e. The Morgan fingerprint density at radius 3 is 2.92 bits per heavy atom. The number of terminal acetylenes is 1. The Labute approximate surface area is 74.6 Å². The molecule has 0 bridgehead atoms. The lowest BCUT2D eigenvalue weighted by atomic mass is 9.92. The number of likely N-dealkylation sites (tertiary alicyclic amines) is 1. The maximum atomic E-state index is 10.00. The van der Waals surface area contributed by atoms with Crippen molar-refractivity contribution in [3.63, 3.8) is 0 Å². The summed E-state index contributed by atoms with van der Waals surface area (Å²) in [5, 5.41) is 10.00. The summed E-state index contributed by atoms with van der Waals surface area (Å²) in [6.45, 7) is 2.03. The molecule has 68 valence electrons. The van der Waals surface area contributed by atoms with Crippen LogP contribution in [0.1, 0.15) is 25.7 Å². The van der Waals surface area contributed by atoms with Gasteiger partial charge in [0.25, 0.3) is 0 Å². The third kappa shape index (κ3) is 2.51. The lowest BCUT2D eigenvalue weighted by molar-refractivity contribution is 0.0311. The molecule has 1 heterocycles. The number of hydrogen-bond donors (Lipinski definition) is 1. The third-order valence-electron chi connectivity index (χ3n) is 2.57. The first-order valence-corrected chi connectivity index (χ1v) is 4.51. The van der Waals surface area contributed by atoms with E-state index in [0.717, 1.165) is 32.4 Å². The van der Waals surface area contributed by atoms with Crippen molar-refractivity contribution in [3.8, 4) is 12.3 Å². The summed E-state index contributed by atoms with van der Waals surface area (Å²) < 4.78 is 0. The predicted molar refractivity (Wildman–Crippen MR) is 49.7 cm³/mol. The van der Waals surface area contributed by atoms with Gasteiger partial charge in [-0.25, -0.2) is 0 Å². The van der Waals surface area contributed by atoms with Crippen molar-refractivity contribution in [2.75, 3.05) is 20.1 Å². The molecule has 0 spiro atoms. The molecule has 0 aromatic carbocycles. The molecule has 1 aliphatic rings. The first-order valence-electron chi connectivity index (χ1n) is 4.51. The molecule has 0 aromatic rings. The van der Waals surface area contributed by atoms with E-state index in [1.54, 1.807) is 0 Å². The SMILES string of the molecule is C#CCC1(O)CCCN(C)CC1. The maximum absolute atomic E-state index is 10.00. The topological polar surface area (TPSA) is 23.5 Å². The Bertz CT molecular complexity index is 185. The van der Waals surface area contributed by atoms with Crippen molar-refractivity contribution in [1.29, 1.82) is 0 Å². The van der Waals surface area contributed by atoms with Crippen molar-refractivity contribution in [2.24, 2.45) is 0 Å². The number of nitrogens with zero attached hydrogens (tertiary/aromatic N) is 1. The standard InChI is InChI=1S/C10H17NO/c1-3-5-10(12)6-4-8-11(2)9-7-10/h1,12H,4-9H2,2H3. The van der Waals surface area contributed by atoms with Crippen molar-refractivity contribution in [2.45, 2.75) is 31.3 Å². The highest BCUT2D eigenvalue weighted by molar-refractivity contribution is 4.96. The zero-order valence-corrected chi connectivity index (χ0v) is 7.71. The summed E-state index contributed by atoms with van der Waals surface area (Å²) in [5.74, 6) is 2.55. The van der Waals surface area contributed by atoms with E-state index in [1.165, 1.54) is 0 Å². The molecule has 1 fully saturated rings. The van der Waals surface area contributed by atoms with Crippen molar-refractivity contribution in [3.05, 3.63) is 0 Å². The van der Waals surface area contributed by atoms with E-state index >= 15 is 0 Å². The fourth-order valence-electron chi connectivity index (χ4n) is 1.68. The average molecular weight is 167 g/mol. The predicted octanol–water partition coefficient (Wildman–Crippen LogP) is 0.857. The lowest BCUT2D eigenvalue weighted by Crippen LogP contribution is -2.29. The summed E-state index contributed by atoms with van der Waals surface area (Å²) in [5.41, 5.74) is -0.584. The fraction of sp³-hybridized carbons (Fsp3) is 0.800. The molecule has 2 nitrogen and oxygen atoms in total. The van der Waals surface area contributed by atoms with Crippen molar-refractivity contribution < 1.29 is 5.11 Å². The first-order chi connectivity index (χ1) is 5.66. The second kappa shape index (κ2) is 3.93. The van der Waals surface area contributed by atoms with E-state index in [1.807, 2.05) is 0 Å². The van der Waals surface area contributed by atoms with Crippen LogP contribution in [0.3, 0.4) is 0 Å². The minimum atomic E-state index is -0.584. The molecule has 2 heteroatoms. The summed E-state index contributed by atoms with van der Waals surface area (Å²) in [4.78, 5) is 2.24. The highest BCUT2D eigenvalue weighted by atomic mass is 16.3. The summed E-state index contributed by atoms with van der Waals surface area (Å²) in [6.07, 6.45) is 8.42. The molecule has 1 unspecified atom stereocenters. The van der Waals surface area contributed by atoms with Gasteiger partial charge in [0.05, 0.1) is 5.60 Å². The van der Waals surface area contributed by atoms with Gasteiger partial charge in [-0.2, -0.15) is 0 Å². The van der Waals surface area contributed by atoms with Gasteiger partial charge in [-0.1, -0.05) is 0 Å². The second-order valence-electron chi connectivity index (χ2n) is 3.76. The van der Waals surface area contributed by atoms with E-state index in [4.69, 9.17) is 6.42 Å². The van der Waals surface area contributed by atoms with Gasteiger partial charge in [0.1, 0.15) is 0 Å². The first kappa shape index (κ1) is 9.57. The maximum Gasteiger partial charge on any atom is 0.0769 e. The molecule has 1 N–H and O–H groups in total. The quantitative estimate of drug-likeness (QED) is 0.585. The van der Waals surface area contributed by atoms with Gasteiger partial charge in [0.15, 0.2) is 0 Å². The van der Waals surface area contributed by atoms with Crippen molar-refractivity contribution in [1.82, 2.24) is 4.90 Å². The fourth-order valence-corrected chi connectivity index (χ4v) is 1.68. The summed E-state index contributed by atoms with van der Waals surface area (Å²) in [6, 6.07) is 0. The Kier molecular flexibility index (Phi) is 3.13. The van der Waals surface area contributed by atoms with E-state index < -0.39 is 5.60 Å². The number of rotatable bonds is 1. The molecule has 0 aliphatic carbocycles. The van der Waals surface area contributed by atoms with Crippen molar-refractivity contribution >= 4 is 0 Å². The minimum Gasteiger partial charge on any atom is -0.389 e. The number of aliphatic hydroxyl groups is 1. The van der Waals surface area contributed by atoms with Crippen LogP contribution in [0.25, 0.3) is 0 Å². The molecule has 1 saturated heterocycles. The normalized spacial score (nSPS) is 32.4. The molecule has 12 heavy (non-hydrogen) atoms. The van der Waals surface area contributed by atoms with E-state index in [9.17, 15) is 5.11 Å². The van der Waals surface area contributed by atoms with Gasteiger partial charge in [0.2, 0.25) is 0 Å². The van der Waals surface area contributed by atoms with Gasteiger partial charge in [-0.15, -0.1) is 12.3 Å². The molecule has 1 rings (SSSR count). The van der Waals surface area contributed by atoms with E-state index in [2.05, 4.69) is 17.9 Å². The Balaban J connectivity index is 2.50. The van der Waals surface area contributed by atoms with Gasteiger partial charge in [-0.3, -0.25) is 0 Å². The molecule has 1 aliphatic heterocycles. The Hall–Kier alpha value is -0.520. The van der Waals surface area contributed by atoms with Crippen LogP contribution in [0.5, 0.6) is 0 Å². The monoisotopic (exact) mass is 167 g/mol. The zero-order valence-electron chi connectivity index (χ0n) is 7.71. The molecule has 0 saturated carbocycles. The highest BCUT2D eigenvalue weighted by Gasteiger charge is 2.27. The molecular formula is C10H17NO. The van der Waals surface area contributed by atoms with E-state index in [-0.39, 0.29) is 0 Å². The average Bonchev–Trinajstić information content (AvgIpc) is 2.15. The van der Waals surface area contributed by atoms with Crippen LogP contribution in [0, 0.1) is 12.3 Å². The van der Waals surface area contributed by atoms with Crippen LogP contribution in [0.2, 0.25) is 0 Å². The molecule has 0 aromatic heterocycles. The van der Waals surface area contributed by atoms with Crippen LogP contribution in [-0.4, -0.2) is 35.7 Å². The summed E-state index contributed by atoms with van der Waals surface area (Å²) >= 11 is 0. The van der Waals surface area contributed by atoms with Crippen LogP contribution in [-0.2, 0) is 0 Å². The van der Waals surface area contributed by atoms with Gasteiger partial charge >= 0.3 is 0 Å². The molecule has 0 radical (unpaired) electrons. The van der Waals surface area contributed by atoms with Gasteiger partial charge in [-0.05, 0) is 32.9 Å². The Morgan fingerprint density at radius 1 is 1.50 bits per heavy atom. The lowest BCUT2D eigenvalue weighted by Gasteiger charge is -2.23. The Morgan fingerprint density at radius 2 is 2.25 bits per heavy atom. The molecular weight excluding hydrogens is 150 g/mol. The highest BCUT2D eigenvalue weighted by Crippen LogP contribution is 2.24. The zero-order chi connectivity index (χ0) is 9.03. The van der Waals surface area contributed by atoms with Crippen LogP contribution in [0.15, 0.2) is 0 Å². The second-order valence-corrected chi connectivity index (χ2v) is 3.76. The minimum absolute atomic E-state index is 0.501.